The highest BCUT2D eigenvalue weighted by Gasteiger charge is 2.19. The van der Waals surface area contributed by atoms with E-state index in [9.17, 15) is 9.59 Å². The molecule has 1 amide bonds. The van der Waals surface area contributed by atoms with Crippen LogP contribution in [0.15, 0.2) is 48.7 Å². The number of methoxy groups -OCH3 is 1. The van der Waals surface area contributed by atoms with Crippen LogP contribution in [0.2, 0.25) is 5.02 Å². The molecule has 8 heteroatoms. The number of hydrogen-bond acceptors (Lipinski definition) is 5. The number of anilines is 1. The minimum absolute atomic E-state index is 0.165. The summed E-state index contributed by atoms with van der Waals surface area (Å²) >= 11 is 5.96. The average Bonchev–Trinajstić information content (AvgIpc) is 3.07. The van der Waals surface area contributed by atoms with Crippen LogP contribution < -0.4 is 10.1 Å². The number of aromatic nitrogens is 2. The number of halogens is 1. The Balaban J connectivity index is 1.72. The monoisotopic (exact) mass is 413 g/mol. The lowest BCUT2D eigenvalue weighted by Gasteiger charge is -2.11. The molecule has 0 unspecified atom stereocenters. The number of nitrogens with one attached hydrogen (secondary N) is 1. The fourth-order valence-electron chi connectivity index (χ4n) is 2.80. The number of hydrogen-bond donors (Lipinski definition) is 1. The quantitative estimate of drug-likeness (QED) is 0.617. The van der Waals surface area contributed by atoms with Crippen LogP contribution in [0.4, 0.5) is 5.69 Å². The van der Waals surface area contributed by atoms with Gasteiger partial charge < -0.3 is 14.8 Å². The van der Waals surface area contributed by atoms with Gasteiger partial charge >= 0.3 is 5.97 Å². The molecular formula is C21H20ClN3O4. The van der Waals surface area contributed by atoms with Gasteiger partial charge in [-0.15, -0.1) is 0 Å². The van der Waals surface area contributed by atoms with Gasteiger partial charge in [-0.2, -0.15) is 5.10 Å². The fraction of sp³-hybridized carbons (Fsp3) is 0.190. The van der Waals surface area contributed by atoms with Crippen molar-refractivity contribution in [2.75, 3.05) is 12.4 Å². The van der Waals surface area contributed by atoms with E-state index in [0.29, 0.717) is 17.2 Å². The van der Waals surface area contributed by atoms with Gasteiger partial charge in [-0.3, -0.25) is 9.48 Å². The number of ether oxygens (including phenoxy) is 2. The molecule has 0 aliphatic carbocycles. The minimum atomic E-state index is -0.583. The van der Waals surface area contributed by atoms with Crippen LogP contribution in [0.1, 0.15) is 32.0 Å². The van der Waals surface area contributed by atoms with Gasteiger partial charge in [0.1, 0.15) is 12.4 Å². The van der Waals surface area contributed by atoms with E-state index in [-0.39, 0.29) is 17.3 Å². The van der Waals surface area contributed by atoms with Crippen molar-refractivity contribution in [1.82, 2.24) is 9.78 Å². The summed E-state index contributed by atoms with van der Waals surface area (Å²) in [5.74, 6) is -0.226. The normalized spacial score (nSPS) is 10.5. The number of esters is 1. The lowest BCUT2D eigenvalue weighted by molar-refractivity contribution is 0.0589. The Morgan fingerprint density at radius 1 is 1.21 bits per heavy atom. The smallest absolute Gasteiger partial charge is 0.358 e. The molecular weight excluding hydrogens is 394 g/mol. The standard InChI is InChI=1S/C21H20ClN3O4/c1-13-9-16(22)7-8-18(13)29-12-14-5-4-6-15(10-14)20(26)24-17-11-23-25(2)19(17)21(27)28-3/h4-11H,12H2,1-3H3,(H,24,26). The molecule has 2 aromatic carbocycles. The maximum Gasteiger partial charge on any atom is 0.358 e. The van der Waals surface area contributed by atoms with E-state index in [1.54, 1.807) is 31.3 Å². The van der Waals surface area contributed by atoms with Crippen LogP contribution in [0.25, 0.3) is 0 Å². The van der Waals surface area contributed by atoms with Crippen molar-refractivity contribution in [2.45, 2.75) is 13.5 Å². The highest BCUT2D eigenvalue weighted by Crippen LogP contribution is 2.23. The molecule has 0 bridgehead atoms. The van der Waals surface area contributed by atoms with Gasteiger partial charge in [0.15, 0.2) is 5.69 Å². The molecule has 1 aromatic heterocycles. The minimum Gasteiger partial charge on any atom is -0.489 e. The maximum atomic E-state index is 12.6. The van der Waals surface area contributed by atoms with E-state index in [4.69, 9.17) is 21.1 Å². The van der Waals surface area contributed by atoms with Crippen LogP contribution in [-0.2, 0) is 18.4 Å². The van der Waals surface area contributed by atoms with Gasteiger partial charge in [-0.1, -0.05) is 23.7 Å². The van der Waals surface area contributed by atoms with Gasteiger partial charge in [-0.25, -0.2) is 4.79 Å². The Kier molecular flexibility index (Phi) is 6.19. The second kappa shape index (κ2) is 8.79. The van der Waals surface area contributed by atoms with Crippen molar-refractivity contribution < 1.29 is 19.1 Å². The SMILES string of the molecule is COC(=O)c1c(NC(=O)c2cccc(COc3ccc(Cl)cc3C)c2)cnn1C. The molecule has 29 heavy (non-hydrogen) atoms. The molecule has 0 aliphatic heterocycles. The molecule has 0 saturated heterocycles. The van der Waals surface area contributed by atoms with Crippen molar-refractivity contribution in [3.63, 3.8) is 0 Å². The Hall–Kier alpha value is -3.32. The van der Waals surface area contributed by atoms with E-state index in [0.717, 1.165) is 16.9 Å². The zero-order chi connectivity index (χ0) is 21.0. The molecule has 150 valence electrons. The molecule has 0 saturated carbocycles. The van der Waals surface area contributed by atoms with Gasteiger partial charge in [0.2, 0.25) is 0 Å². The van der Waals surface area contributed by atoms with Gasteiger partial charge in [-0.05, 0) is 48.4 Å². The Bertz CT molecular complexity index is 1060. The van der Waals surface area contributed by atoms with E-state index in [1.807, 2.05) is 25.1 Å². The zero-order valence-corrected chi connectivity index (χ0v) is 17.0. The Morgan fingerprint density at radius 2 is 2.00 bits per heavy atom. The molecule has 0 fully saturated rings. The average molecular weight is 414 g/mol. The number of carbonyl (C=O) groups excluding carboxylic acids is 2. The number of nitrogens with zero attached hydrogens (tertiary/aromatic N) is 2. The molecule has 3 aromatic rings. The first-order valence-corrected chi connectivity index (χ1v) is 9.16. The first-order valence-electron chi connectivity index (χ1n) is 8.78. The summed E-state index contributed by atoms with van der Waals surface area (Å²) in [6.07, 6.45) is 1.40. The number of rotatable bonds is 6. The predicted molar refractivity (Wildman–Crippen MR) is 109 cm³/mol. The summed E-state index contributed by atoms with van der Waals surface area (Å²) in [4.78, 5) is 24.5. The van der Waals surface area contributed by atoms with Crippen LogP contribution in [-0.4, -0.2) is 28.8 Å². The van der Waals surface area contributed by atoms with Crippen molar-refractivity contribution in [3.8, 4) is 5.75 Å². The predicted octanol–water partition coefficient (Wildman–Crippen LogP) is 4.00. The van der Waals surface area contributed by atoms with Gasteiger partial charge in [0.25, 0.3) is 5.91 Å². The van der Waals surface area contributed by atoms with E-state index in [2.05, 4.69) is 10.4 Å². The van der Waals surface area contributed by atoms with Crippen LogP contribution in [0.5, 0.6) is 5.75 Å². The summed E-state index contributed by atoms with van der Waals surface area (Å²) in [7, 11) is 2.87. The largest absolute Gasteiger partial charge is 0.489 e. The molecule has 0 spiro atoms. The highest BCUT2D eigenvalue weighted by atomic mass is 35.5. The van der Waals surface area contributed by atoms with Crippen molar-refractivity contribution in [1.29, 1.82) is 0 Å². The van der Waals surface area contributed by atoms with Gasteiger partial charge in [0, 0.05) is 17.6 Å². The summed E-state index contributed by atoms with van der Waals surface area (Å²) in [6.45, 7) is 2.21. The second-order valence-electron chi connectivity index (χ2n) is 6.38. The number of aryl methyl sites for hydroxylation is 2. The molecule has 0 aliphatic rings. The first-order chi connectivity index (χ1) is 13.9. The Labute approximate surface area is 173 Å². The first kappa shape index (κ1) is 20.4. The molecule has 1 heterocycles. The molecule has 0 atom stereocenters. The lowest BCUT2D eigenvalue weighted by atomic mass is 10.1. The number of amides is 1. The summed E-state index contributed by atoms with van der Waals surface area (Å²) < 4.78 is 11.9. The number of benzene rings is 2. The fourth-order valence-corrected chi connectivity index (χ4v) is 3.03. The number of carbonyl (C=O) groups is 2. The van der Waals surface area contributed by atoms with Crippen LogP contribution >= 0.6 is 11.6 Å². The molecule has 7 nitrogen and oxygen atoms in total. The summed E-state index contributed by atoms with van der Waals surface area (Å²) in [5.41, 5.74) is 2.63. The second-order valence-corrected chi connectivity index (χ2v) is 6.81. The molecule has 1 N–H and O–H groups in total. The van der Waals surface area contributed by atoms with Crippen LogP contribution in [0.3, 0.4) is 0 Å². The van der Waals surface area contributed by atoms with Crippen molar-refractivity contribution >= 4 is 29.2 Å². The van der Waals surface area contributed by atoms with Crippen molar-refractivity contribution in [3.05, 3.63) is 76.1 Å². The third kappa shape index (κ3) is 4.75. The third-order valence-electron chi connectivity index (χ3n) is 4.29. The van der Waals surface area contributed by atoms with E-state index in [1.165, 1.54) is 18.0 Å². The van der Waals surface area contributed by atoms with Gasteiger partial charge in [0.05, 0.1) is 19.0 Å². The molecule has 3 rings (SSSR count). The van der Waals surface area contributed by atoms with E-state index < -0.39 is 5.97 Å². The summed E-state index contributed by atoms with van der Waals surface area (Å²) in [6, 6.07) is 12.5. The topological polar surface area (TPSA) is 82.4 Å². The lowest BCUT2D eigenvalue weighted by Crippen LogP contribution is -2.16. The van der Waals surface area contributed by atoms with E-state index >= 15 is 0 Å². The van der Waals surface area contributed by atoms with Crippen LogP contribution in [0, 0.1) is 6.92 Å². The van der Waals surface area contributed by atoms with Crippen molar-refractivity contribution in [2.24, 2.45) is 7.05 Å². The zero-order valence-electron chi connectivity index (χ0n) is 16.2. The third-order valence-corrected chi connectivity index (χ3v) is 4.52. The summed E-state index contributed by atoms with van der Waals surface area (Å²) in [5, 5.41) is 7.35. The Morgan fingerprint density at radius 3 is 2.72 bits per heavy atom. The maximum absolute atomic E-state index is 12.6. The molecule has 0 radical (unpaired) electrons. The highest BCUT2D eigenvalue weighted by molar-refractivity contribution is 6.30.